The standard InChI is InChI=1S/C14H10Cl2N2O2/c15-11-6-4-9(5-7-11)13(19)17-18-14(20)10-2-1-3-12(16)8-10/h1-8H,(H,17,19)(H,18,20). The number of hydrazine groups is 1. The maximum Gasteiger partial charge on any atom is 0.269 e. The Labute approximate surface area is 125 Å². The summed E-state index contributed by atoms with van der Waals surface area (Å²) in [5.41, 5.74) is 5.37. The molecule has 20 heavy (non-hydrogen) atoms. The van der Waals surface area contributed by atoms with Gasteiger partial charge >= 0.3 is 0 Å². The van der Waals surface area contributed by atoms with E-state index in [4.69, 9.17) is 23.2 Å². The molecule has 0 bridgehead atoms. The van der Waals surface area contributed by atoms with Crippen molar-refractivity contribution in [2.24, 2.45) is 0 Å². The van der Waals surface area contributed by atoms with Gasteiger partial charge in [0.25, 0.3) is 11.8 Å². The summed E-state index contributed by atoms with van der Waals surface area (Å²) in [6.07, 6.45) is 0. The van der Waals surface area contributed by atoms with Crippen LogP contribution in [0.5, 0.6) is 0 Å². The van der Waals surface area contributed by atoms with Crippen molar-refractivity contribution in [1.29, 1.82) is 0 Å². The molecule has 0 fully saturated rings. The molecule has 0 saturated heterocycles. The van der Waals surface area contributed by atoms with Gasteiger partial charge in [0.05, 0.1) is 0 Å². The van der Waals surface area contributed by atoms with Crippen LogP contribution in [0.3, 0.4) is 0 Å². The Bertz CT molecular complexity index is 642. The molecule has 0 radical (unpaired) electrons. The molecular weight excluding hydrogens is 299 g/mol. The molecule has 0 atom stereocenters. The van der Waals surface area contributed by atoms with Crippen LogP contribution in [0.25, 0.3) is 0 Å². The molecule has 0 spiro atoms. The van der Waals surface area contributed by atoms with Crippen LogP contribution in [0.15, 0.2) is 48.5 Å². The third kappa shape index (κ3) is 3.73. The molecule has 2 rings (SSSR count). The van der Waals surface area contributed by atoms with E-state index in [1.54, 1.807) is 42.5 Å². The summed E-state index contributed by atoms with van der Waals surface area (Å²) in [4.78, 5) is 23.5. The predicted octanol–water partition coefficient (Wildman–Crippen LogP) is 3.07. The molecule has 0 aliphatic rings. The maximum absolute atomic E-state index is 11.8. The molecular formula is C14H10Cl2N2O2. The SMILES string of the molecule is O=C(NNC(=O)c1cccc(Cl)c1)c1ccc(Cl)cc1. The van der Waals surface area contributed by atoms with E-state index < -0.39 is 11.8 Å². The lowest BCUT2D eigenvalue weighted by Gasteiger charge is -2.07. The van der Waals surface area contributed by atoms with Gasteiger partial charge in [0.2, 0.25) is 0 Å². The number of rotatable bonds is 2. The molecule has 6 heteroatoms. The minimum Gasteiger partial charge on any atom is -0.267 e. The molecule has 0 unspecified atom stereocenters. The van der Waals surface area contributed by atoms with Gasteiger partial charge in [-0.25, -0.2) is 0 Å². The van der Waals surface area contributed by atoms with Crippen LogP contribution in [0, 0.1) is 0 Å². The lowest BCUT2D eigenvalue weighted by molar-refractivity contribution is 0.0846. The van der Waals surface area contributed by atoms with Crippen molar-refractivity contribution in [3.63, 3.8) is 0 Å². The fraction of sp³-hybridized carbons (Fsp3) is 0. The van der Waals surface area contributed by atoms with Crippen LogP contribution in [0.2, 0.25) is 10.0 Å². The Kier molecular flexibility index (Phi) is 4.61. The van der Waals surface area contributed by atoms with E-state index >= 15 is 0 Å². The molecule has 102 valence electrons. The molecule has 0 aromatic heterocycles. The molecule has 0 saturated carbocycles. The highest BCUT2D eigenvalue weighted by Crippen LogP contribution is 2.11. The average Bonchev–Trinajstić information content (AvgIpc) is 2.45. The second-order valence-corrected chi connectivity index (χ2v) is 4.80. The zero-order chi connectivity index (χ0) is 14.5. The smallest absolute Gasteiger partial charge is 0.267 e. The van der Waals surface area contributed by atoms with Gasteiger partial charge in [-0.2, -0.15) is 0 Å². The minimum absolute atomic E-state index is 0.355. The number of carbonyl (C=O) groups is 2. The van der Waals surface area contributed by atoms with E-state index in [1.165, 1.54) is 6.07 Å². The highest BCUT2D eigenvalue weighted by atomic mass is 35.5. The summed E-state index contributed by atoms with van der Waals surface area (Å²) in [5.74, 6) is -0.883. The summed E-state index contributed by atoms with van der Waals surface area (Å²) in [5, 5.41) is 0.978. The van der Waals surface area contributed by atoms with Crippen LogP contribution < -0.4 is 10.9 Å². The van der Waals surface area contributed by atoms with Crippen molar-refractivity contribution in [3.05, 3.63) is 69.7 Å². The third-order valence-corrected chi connectivity index (χ3v) is 2.97. The molecule has 4 nitrogen and oxygen atoms in total. The molecule has 2 N–H and O–H groups in total. The minimum atomic E-state index is -0.449. The average molecular weight is 309 g/mol. The third-order valence-electron chi connectivity index (χ3n) is 2.48. The number of amides is 2. The number of nitrogens with one attached hydrogen (secondary N) is 2. The summed E-state index contributed by atoms with van der Waals surface area (Å²) < 4.78 is 0. The van der Waals surface area contributed by atoms with Crippen molar-refractivity contribution in [2.45, 2.75) is 0 Å². The monoisotopic (exact) mass is 308 g/mol. The van der Waals surface area contributed by atoms with Gasteiger partial charge in [-0.15, -0.1) is 0 Å². The Balaban J connectivity index is 1.96. The van der Waals surface area contributed by atoms with Crippen molar-refractivity contribution < 1.29 is 9.59 Å². The van der Waals surface area contributed by atoms with Gasteiger partial charge in [0.15, 0.2) is 0 Å². The summed E-state index contributed by atoms with van der Waals surface area (Å²) in [7, 11) is 0. The molecule has 2 amide bonds. The Morgan fingerprint density at radius 3 is 1.95 bits per heavy atom. The number of benzene rings is 2. The van der Waals surface area contributed by atoms with E-state index in [-0.39, 0.29) is 0 Å². The number of hydrogen-bond acceptors (Lipinski definition) is 2. The first-order chi connectivity index (χ1) is 9.56. The van der Waals surface area contributed by atoms with Crippen molar-refractivity contribution in [3.8, 4) is 0 Å². The second-order valence-electron chi connectivity index (χ2n) is 3.93. The largest absolute Gasteiger partial charge is 0.269 e. The summed E-state index contributed by atoms with van der Waals surface area (Å²) in [6, 6.07) is 12.7. The topological polar surface area (TPSA) is 58.2 Å². The van der Waals surface area contributed by atoms with Gasteiger partial charge < -0.3 is 0 Å². The first-order valence-corrected chi connectivity index (χ1v) is 6.43. The Morgan fingerprint density at radius 1 is 0.750 bits per heavy atom. The van der Waals surface area contributed by atoms with Gasteiger partial charge in [0, 0.05) is 21.2 Å². The van der Waals surface area contributed by atoms with Crippen LogP contribution in [-0.4, -0.2) is 11.8 Å². The lowest BCUT2D eigenvalue weighted by atomic mass is 10.2. The van der Waals surface area contributed by atoms with E-state index in [9.17, 15) is 9.59 Å². The Morgan fingerprint density at radius 2 is 1.35 bits per heavy atom. The molecule has 0 aliphatic heterocycles. The van der Waals surface area contributed by atoms with E-state index in [0.717, 1.165) is 0 Å². The zero-order valence-corrected chi connectivity index (χ0v) is 11.7. The van der Waals surface area contributed by atoms with Crippen molar-refractivity contribution in [1.82, 2.24) is 10.9 Å². The second kappa shape index (κ2) is 6.41. The van der Waals surface area contributed by atoms with Crippen molar-refractivity contribution >= 4 is 35.0 Å². The maximum atomic E-state index is 11.8. The predicted molar refractivity (Wildman–Crippen MR) is 77.8 cm³/mol. The summed E-state index contributed by atoms with van der Waals surface area (Å²) >= 11 is 11.5. The first-order valence-electron chi connectivity index (χ1n) is 5.68. The molecule has 2 aromatic rings. The molecule has 0 heterocycles. The first kappa shape index (κ1) is 14.4. The quantitative estimate of drug-likeness (QED) is 0.838. The molecule has 0 aliphatic carbocycles. The number of hydrogen-bond donors (Lipinski definition) is 2. The fourth-order valence-corrected chi connectivity index (χ4v) is 1.81. The van der Waals surface area contributed by atoms with Crippen LogP contribution in [0.1, 0.15) is 20.7 Å². The van der Waals surface area contributed by atoms with Crippen molar-refractivity contribution in [2.75, 3.05) is 0 Å². The van der Waals surface area contributed by atoms with E-state index in [0.29, 0.717) is 21.2 Å². The van der Waals surface area contributed by atoms with Gasteiger partial charge in [0.1, 0.15) is 0 Å². The van der Waals surface area contributed by atoms with Crippen LogP contribution >= 0.6 is 23.2 Å². The normalized spacial score (nSPS) is 9.90. The Hall–Kier alpha value is -2.04. The van der Waals surface area contributed by atoms with Gasteiger partial charge in [-0.1, -0.05) is 29.3 Å². The fourth-order valence-electron chi connectivity index (χ4n) is 1.49. The van der Waals surface area contributed by atoms with E-state index in [1.807, 2.05) is 0 Å². The number of carbonyl (C=O) groups excluding carboxylic acids is 2. The lowest BCUT2D eigenvalue weighted by Crippen LogP contribution is -2.41. The highest BCUT2D eigenvalue weighted by molar-refractivity contribution is 6.31. The molecule has 2 aromatic carbocycles. The van der Waals surface area contributed by atoms with Gasteiger partial charge in [-0.05, 0) is 42.5 Å². The zero-order valence-electron chi connectivity index (χ0n) is 10.2. The van der Waals surface area contributed by atoms with Crippen LogP contribution in [-0.2, 0) is 0 Å². The summed E-state index contributed by atoms with van der Waals surface area (Å²) in [6.45, 7) is 0. The van der Waals surface area contributed by atoms with E-state index in [2.05, 4.69) is 10.9 Å². The van der Waals surface area contributed by atoms with Gasteiger partial charge in [-0.3, -0.25) is 20.4 Å². The van der Waals surface area contributed by atoms with Crippen LogP contribution in [0.4, 0.5) is 0 Å². The number of halogens is 2. The highest BCUT2D eigenvalue weighted by Gasteiger charge is 2.09.